The van der Waals surface area contributed by atoms with Crippen LogP contribution in [-0.2, 0) is 6.61 Å². The van der Waals surface area contributed by atoms with Crippen molar-refractivity contribution in [1.82, 2.24) is 0 Å². The van der Waals surface area contributed by atoms with Crippen molar-refractivity contribution < 1.29 is 14.5 Å². The molecule has 0 radical (unpaired) electrons. The Morgan fingerprint density at radius 2 is 1.56 bits per heavy atom. The van der Waals surface area contributed by atoms with Crippen molar-refractivity contribution in [3.63, 3.8) is 0 Å². The van der Waals surface area contributed by atoms with E-state index < -0.39 is 4.92 Å². The summed E-state index contributed by atoms with van der Waals surface area (Å²) >= 11 is 0. The molecule has 0 spiro atoms. The van der Waals surface area contributed by atoms with Crippen LogP contribution in [0, 0.1) is 10.1 Å². The summed E-state index contributed by atoms with van der Waals surface area (Å²) in [6.07, 6.45) is 0. The normalized spacial score (nSPS) is 10.2. The molecule has 0 N–H and O–H groups in total. The van der Waals surface area contributed by atoms with Gasteiger partial charge in [-0.3, -0.25) is 14.9 Å². The number of benzene rings is 3. The van der Waals surface area contributed by atoms with Gasteiger partial charge in [0, 0.05) is 5.56 Å². The van der Waals surface area contributed by atoms with Crippen LogP contribution in [0.3, 0.4) is 0 Å². The summed E-state index contributed by atoms with van der Waals surface area (Å²) in [5.41, 5.74) is 1.14. The first-order valence-electron chi connectivity index (χ1n) is 7.70. The third-order valence-corrected chi connectivity index (χ3v) is 3.69. The van der Waals surface area contributed by atoms with Gasteiger partial charge in [0.15, 0.2) is 5.78 Å². The third kappa shape index (κ3) is 3.90. The summed E-state index contributed by atoms with van der Waals surface area (Å²) in [7, 11) is 0. The van der Waals surface area contributed by atoms with Crippen LogP contribution in [0.15, 0.2) is 78.9 Å². The van der Waals surface area contributed by atoms with Gasteiger partial charge < -0.3 is 4.74 Å². The van der Waals surface area contributed by atoms with Crippen molar-refractivity contribution >= 4 is 11.5 Å². The fourth-order valence-electron chi connectivity index (χ4n) is 2.43. The summed E-state index contributed by atoms with van der Waals surface area (Å²) in [5.74, 6) is -0.0397. The van der Waals surface area contributed by atoms with Gasteiger partial charge in [0.2, 0.25) is 0 Å². The van der Waals surface area contributed by atoms with E-state index in [1.165, 1.54) is 12.1 Å². The molecule has 0 aliphatic rings. The Balaban J connectivity index is 1.86. The highest BCUT2D eigenvalue weighted by atomic mass is 16.6. The molecule has 0 aliphatic heterocycles. The Bertz CT molecular complexity index is 892. The molecule has 3 rings (SSSR count). The van der Waals surface area contributed by atoms with Crippen molar-refractivity contribution in [2.75, 3.05) is 0 Å². The molecule has 0 heterocycles. The summed E-state index contributed by atoms with van der Waals surface area (Å²) in [4.78, 5) is 23.3. The van der Waals surface area contributed by atoms with Gasteiger partial charge in [0.05, 0.1) is 11.0 Å². The van der Waals surface area contributed by atoms with Crippen LogP contribution >= 0.6 is 0 Å². The summed E-state index contributed by atoms with van der Waals surface area (Å²) in [6, 6.07) is 22.3. The summed E-state index contributed by atoms with van der Waals surface area (Å²) in [6.45, 7) is 0.296. The maximum absolute atomic E-state index is 12.5. The zero-order chi connectivity index (χ0) is 17.6. The molecule has 124 valence electrons. The first-order chi connectivity index (χ1) is 12.1. The van der Waals surface area contributed by atoms with Crippen molar-refractivity contribution in [3.8, 4) is 5.75 Å². The lowest BCUT2D eigenvalue weighted by Gasteiger charge is -2.08. The minimum Gasteiger partial charge on any atom is -0.489 e. The SMILES string of the molecule is O=C(c1ccccc1)c1ccc(OCc2ccccc2)cc1[N+](=O)[O-]. The van der Waals surface area contributed by atoms with Crippen molar-refractivity contribution in [1.29, 1.82) is 0 Å². The molecule has 25 heavy (non-hydrogen) atoms. The van der Waals surface area contributed by atoms with E-state index in [9.17, 15) is 14.9 Å². The van der Waals surface area contributed by atoms with Crippen LogP contribution in [0.2, 0.25) is 0 Å². The first kappa shape index (κ1) is 16.4. The van der Waals surface area contributed by atoms with Crippen LogP contribution < -0.4 is 4.74 Å². The maximum atomic E-state index is 12.5. The topological polar surface area (TPSA) is 69.4 Å². The second kappa shape index (κ2) is 7.40. The Hall–Kier alpha value is -3.47. The lowest BCUT2D eigenvalue weighted by Crippen LogP contribution is -2.06. The fourth-order valence-corrected chi connectivity index (χ4v) is 2.43. The van der Waals surface area contributed by atoms with E-state index in [-0.39, 0.29) is 17.0 Å². The quantitative estimate of drug-likeness (QED) is 0.381. The number of carbonyl (C=O) groups excluding carboxylic acids is 1. The van der Waals surface area contributed by atoms with Gasteiger partial charge >= 0.3 is 0 Å². The van der Waals surface area contributed by atoms with E-state index in [0.717, 1.165) is 5.56 Å². The zero-order valence-electron chi connectivity index (χ0n) is 13.3. The number of carbonyl (C=O) groups is 1. The molecule has 3 aromatic rings. The van der Waals surface area contributed by atoms with E-state index in [0.29, 0.717) is 17.9 Å². The highest BCUT2D eigenvalue weighted by Crippen LogP contribution is 2.27. The molecular weight excluding hydrogens is 318 g/mol. The smallest absolute Gasteiger partial charge is 0.284 e. The van der Waals surface area contributed by atoms with E-state index in [2.05, 4.69) is 0 Å². The highest BCUT2D eigenvalue weighted by molar-refractivity contribution is 6.11. The number of nitro benzene ring substituents is 1. The molecule has 0 saturated carbocycles. The molecule has 0 amide bonds. The Morgan fingerprint density at radius 1 is 0.920 bits per heavy atom. The predicted molar refractivity (Wildman–Crippen MR) is 93.7 cm³/mol. The molecule has 5 heteroatoms. The van der Waals surface area contributed by atoms with Crippen LogP contribution in [0.25, 0.3) is 0 Å². The molecule has 0 bridgehead atoms. The molecular formula is C20H15NO4. The van der Waals surface area contributed by atoms with Gasteiger partial charge in [-0.1, -0.05) is 60.7 Å². The molecule has 3 aromatic carbocycles. The van der Waals surface area contributed by atoms with Crippen LogP contribution in [-0.4, -0.2) is 10.7 Å². The van der Waals surface area contributed by atoms with E-state index in [1.54, 1.807) is 36.4 Å². The second-order valence-electron chi connectivity index (χ2n) is 5.41. The largest absolute Gasteiger partial charge is 0.489 e. The van der Waals surface area contributed by atoms with Gasteiger partial charge in [0.1, 0.15) is 17.9 Å². The molecule has 0 aliphatic carbocycles. The van der Waals surface area contributed by atoms with Crippen LogP contribution in [0.5, 0.6) is 5.75 Å². The molecule has 5 nitrogen and oxygen atoms in total. The fraction of sp³-hybridized carbons (Fsp3) is 0.0500. The number of nitrogens with zero attached hydrogens (tertiary/aromatic N) is 1. The number of ether oxygens (including phenoxy) is 1. The highest BCUT2D eigenvalue weighted by Gasteiger charge is 2.22. The Morgan fingerprint density at radius 3 is 2.20 bits per heavy atom. The third-order valence-electron chi connectivity index (χ3n) is 3.69. The van der Waals surface area contributed by atoms with Crippen LogP contribution in [0.1, 0.15) is 21.5 Å². The maximum Gasteiger partial charge on any atom is 0.284 e. The van der Waals surface area contributed by atoms with Crippen molar-refractivity contribution in [3.05, 3.63) is 106 Å². The monoisotopic (exact) mass is 333 g/mol. The predicted octanol–water partition coefficient (Wildman–Crippen LogP) is 4.40. The van der Waals surface area contributed by atoms with E-state index in [1.807, 2.05) is 30.3 Å². The Labute approximate surface area is 144 Å². The number of nitro groups is 1. The standard InChI is InChI=1S/C20H15NO4/c22-20(16-9-5-2-6-10-16)18-12-11-17(13-19(18)21(23)24)25-14-15-7-3-1-4-8-15/h1-13H,14H2. The summed E-state index contributed by atoms with van der Waals surface area (Å²) < 4.78 is 5.61. The van der Waals surface area contributed by atoms with Crippen LogP contribution in [0.4, 0.5) is 5.69 Å². The van der Waals surface area contributed by atoms with Gasteiger partial charge in [-0.15, -0.1) is 0 Å². The van der Waals surface area contributed by atoms with Gasteiger partial charge in [0.25, 0.3) is 5.69 Å². The van der Waals surface area contributed by atoms with Gasteiger partial charge in [-0.25, -0.2) is 0 Å². The second-order valence-corrected chi connectivity index (χ2v) is 5.41. The first-order valence-corrected chi connectivity index (χ1v) is 7.70. The zero-order valence-corrected chi connectivity index (χ0v) is 13.3. The molecule has 0 unspecified atom stereocenters. The average molecular weight is 333 g/mol. The number of rotatable bonds is 6. The van der Waals surface area contributed by atoms with Crippen molar-refractivity contribution in [2.45, 2.75) is 6.61 Å². The number of hydrogen-bond donors (Lipinski definition) is 0. The minimum absolute atomic E-state index is 0.0447. The minimum atomic E-state index is -0.564. The molecule has 0 saturated heterocycles. The molecule has 0 aromatic heterocycles. The van der Waals surface area contributed by atoms with Gasteiger partial charge in [-0.05, 0) is 17.7 Å². The lowest BCUT2D eigenvalue weighted by atomic mass is 10.0. The number of hydrogen-bond acceptors (Lipinski definition) is 4. The van der Waals surface area contributed by atoms with E-state index >= 15 is 0 Å². The number of ketones is 1. The molecule has 0 atom stereocenters. The Kier molecular flexibility index (Phi) is 4.85. The average Bonchev–Trinajstić information content (AvgIpc) is 2.67. The van der Waals surface area contributed by atoms with Crippen molar-refractivity contribution in [2.24, 2.45) is 0 Å². The lowest BCUT2D eigenvalue weighted by molar-refractivity contribution is -0.385. The van der Waals surface area contributed by atoms with Gasteiger partial charge in [-0.2, -0.15) is 0 Å². The molecule has 0 fully saturated rings. The van der Waals surface area contributed by atoms with E-state index in [4.69, 9.17) is 4.74 Å². The summed E-state index contributed by atoms with van der Waals surface area (Å²) in [5, 5.41) is 11.4.